The van der Waals surface area contributed by atoms with Crippen molar-refractivity contribution in [3.05, 3.63) is 47.9 Å². The molecule has 13 nitrogen and oxygen atoms in total. The monoisotopic (exact) mass is 563 g/mol. The second kappa shape index (κ2) is 14.0. The Balaban J connectivity index is 0.000000181. The third-order valence-electron chi connectivity index (χ3n) is 6.22. The summed E-state index contributed by atoms with van der Waals surface area (Å²) in [5.41, 5.74) is 2.42. The summed E-state index contributed by atoms with van der Waals surface area (Å²) >= 11 is 0. The molecule has 1 aromatic carbocycles. The van der Waals surface area contributed by atoms with Crippen LogP contribution in [0, 0.1) is 0 Å². The van der Waals surface area contributed by atoms with E-state index in [4.69, 9.17) is 24.0 Å². The van der Waals surface area contributed by atoms with Crippen LogP contribution in [0.2, 0.25) is 0 Å². The number of ether oxygens (including phenoxy) is 3. The predicted molar refractivity (Wildman–Crippen MR) is 142 cm³/mol. The number of carbonyl (C=O) groups is 1. The molecule has 3 aliphatic heterocycles. The van der Waals surface area contributed by atoms with Gasteiger partial charge in [-0.25, -0.2) is 19.3 Å². The van der Waals surface area contributed by atoms with E-state index in [1.165, 1.54) is 19.2 Å². The molecule has 4 N–H and O–H groups in total. The number of phosphoric acid groups is 1. The number of nitrogens with zero attached hydrogens (tertiary/aromatic N) is 3. The maximum Gasteiger partial charge on any atom is 0.469 e. The first-order valence-electron chi connectivity index (χ1n) is 12.9. The number of anilines is 1. The average Bonchev–Trinajstić information content (AvgIpc) is 3.65. The molecule has 0 spiro atoms. The van der Waals surface area contributed by atoms with E-state index >= 15 is 0 Å². The fourth-order valence-electron chi connectivity index (χ4n) is 4.27. The average molecular weight is 564 g/mol. The topological polar surface area (TPSA) is 174 Å². The first-order chi connectivity index (χ1) is 18.8. The van der Waals surface area contributed by atoms with E-state index in [2.05, 4.69) is 37.0 Å². The summed E-state index contributed by atoms with van der Waals surface area (Å²) in [6.45, 7) is 2.94. The summed E-state index contributed by atoms with van der Waals surface area (Å²) in [6.07, 6.45) is 6.81. The number of hydrogen-bond acceptors (Lipinski definition) is 9. The standard InChI is InChI=1S/C13H19N5O.C12H15O7P/c1-2-3-4-5-7-15-13(19)18-12-11-10(6-8-14-11)16-9-17-12;13-20(14,15)17-7-9-11-10(6-16-9)18-12(19-11)8-4-2-1-3-5-8/h8-9H,2-7H2,1H3,(H2,15,16,17,18,19);1-5,9-12H,6-7H2,(H2,13,14,15)/t;9-,10-,11?,12?/m.1/s1. The Morgan fingerprint density at radius 1 is 1.15 bits per heavy atom. The van der Waals surface area contributed by atoms with Crippen molar-refractivity contribution < 1.29 is 37.9 Å². The lowest BCUT2D eigenvalue weighted by atomic mass is 10.2. The molecule has 2 amide bonds. The van der Waals surface area contributed by atoms with Crippen molar-refractivity contribution in [3.63, 3.8) is 0 Å². The molecule has 212 valence electrons. The van der Waals surface area contributed by atoms with Gasteiger partial charge < -0.3 is 29.3 Å². The lowest BCUT2D eigenvalue weighted by Crippen LogP contribution is -2.31. The smallest absolute Gasteiger partial charge is 0.370 e. The molecule has 0 aliphatic carbocycles. The largest absolute Gasteiger partial charge is 0.469 e. The summed E-state index contributed by atoms with van der Waals surface area (Å²) in [7, 11) is -4.50. The molecule has 0 saturated carbocycles. The molecule has 0 bridgehead atoms. The van der Waals surface area contributed by atoms with Crippen LogP contribution in [0.4, 0.5) is 16.3 Å². The van der Waals surface area contributed by atoms with Crippen molar-refractivity contribution >= 4 is 31.6 Å². The number of carbonyl (C=O) groups excluding carboxylic acids is 1. The van der Waals surface area contributed by atoms with Crippen LogP contribution < -0.4 is 10.6 Å². The fourth-order valence-corrected chi connectivity index (χ4v) is 4.62. The highest BCUT2D eigenvalue weighted by Crippen LogP contribution is 2.40. The van der Waals surface area contributed by atoms with Crippen molar-refractivity contribution in [2.75, 3.05) is 25.1 Å². The Bertz CT molecular complexity index is 1160. The van der Waals surface area contributed by atoms with Gasteiger partial charge in [0.2, 0.25) is 0 Å². The normalized spacial score (nSPS) is 23.1. The number of rotatable bonds is 10. The first kappa shape index (κ1) is 29.2. The van der Waals surface area contributed by atoms with Crippen molar-refractivity contribution in [2.24, 2.45) is 4.99 Å². The van der Waals surface area contributed by atoms with Gasteiger partial charge in [0.05, 0.1) is 18.9 Å². The van der Waals surface area contributed by atoms with E-state index < -0.39 is 20.2 Å². The van der Waals surface area contributed by atoms with Gasteiger partial charge in [-0.05, 0) is 6.42 Å². The summed E-state index contributed by atoms with van der Waals surface area (Å²) in [5.74, 6) is 0.477. The summed E-state index contributed by atoms with van der Waals surface area (Å²) in [4.78, 5) is 41.5. The van der Waals surface area contributed by atoms with Crippen molar-refractivity contribution in [1.82, 2.24) is 15.3 Å². The van der Waals surface area contributed by atoms with Gasteiger partial charge in [-0.3, -0.25) is 14.8 Å². The van der Waals surface area contributed by atoms with E-state index in [9.17, 15) is 9.36 Å². The van der Waals surface area contributed by atoms with Gasteiger partial charge in [0.15, 0.2) is 12.1 Å². The Labute approximate surface area is 226 Å². The van der Waals surface area contributed by atoms with E-state index in [0.29, 0.717) is 31.1 Å². The van der Waals surface area contributed by atoms with Crippen LogP contribution >= 0.6 is 7.82 Å². The number of urea groups is 1. The number of aromatic nitrogens is 2. The third kappa shape index (κ3) is 8.61. The number of benzene rings is 1. The zero-order chi connectivity index (χ0) is 27.7. The summed E-state index contributed by atoms with van der Waals surface area (Å²) in [6, 6.07) is 9.24. The molecule has 14 heteroatoms. The molecule has 0 radical (unpaired) electrons. The van der Waals surface area contributed by atoms with Gasteiger partial charge in [0.1, 0.15) is 30.3 Å². The molecular formula is C25H34N5O8P. The molecule has 3 aliphatic rings. The number of hydrogen-bond donors (Lipinski definition) is 4. The van der Waals surface area contributed by atoms with E-state index in [-0.39, 0.29) is 24.8 Å². The second-order valence-corrected chi connectivity index (χ2v) is 10.4. The summed E-state index contributed by atoms with van der Waals surface area (Å²) < 4.78 is 32.1. The maximum absolute atomic E-state index is 11.7. The number of phosphoric ester groups is 1. The molecule has 39 heavy (non-hydrogen) atoms. The van der Waals surface area contributed by atoms with Gasteiger partial charge in [0.25, 0.3) is 0 Å². The quantitative estimate of drug-likeness (QED) is 0.248. The lowest BCUT2D eigenvalue weighted by molar-refractivity contribution is -0.119. The van der Waals surface area contributed by atoms with Gasteiger partial charge in [-0.2, -0.15) is 0 Å². The molecule has 2 fully saturated rings. The molecule has 4 heterocycles. The van der Waals surface area contributed by atoms with E-state index in [0.717, 1.165) is 24.1 Å². The Morgan fingerprint density at radius 3 is 2.74 bits per heavy atom. The minimum absolute atomic E-state index is 0.226. The van der Waals surface area contributed by atoms with Crippen LogP contribution in [0.1, 0.15) is 50.2 Å². The van der Waals surface area contributed by atoms with E-state index in [1.54, 1.807) is 6.21 Å². The first-order valence-corrected chi connectivity index (χ1v) is 14.5. The number of aliphatic imine (C=N–C) groups is 1. The molecule has 4 atom stereocenters. The molecule has 1 aromatic heterocycles. The second-order valence-electron chi connectivity index (χ2n) is 9.15. The Hall–Kier alpha value is -2.77. The van der Waals surface area contributed by atoms with Crippen LogP contribution in [0.5, 0.6) is 0 Å². The fraction of sp³-hybridized carbons (Fsp3) is 0.520. The Kier molecular flexibility index (Phi) is 10.5. The van der Waals surface area contributed by atoms with Crippen molar-refractivity contribution in [3.8, 4) is 0 Å². The van der Waals surface area contributed by atoms with Crippen LogP contribution in [-0.4, -0.2) is 70.1 Å². The van der Waals surface area contributed by atoms with Crippen LogP contribution in [0.25, 0.3) is 0 Å². The highest BCUT2D eigenvalue weighted by molar-refractivity contribution is 7.46. The predicted octanol–water partition coefficient (Wildman–Crippen LogP) is 3.41. The number of amides is 2. The molecule has 2 unspecified atom stereocenters. The Morgan fingerprint density at radius 2 is 1.97 bits per heavy atom. The minimum atomic E-state index is -4.50. The maximum atomic E-state index is 11.7. The van der Waals surface area contributed by atoms with Crippen LogP contribution in [0.3, 0.4) is 0 Å². The molecule has 5 rings (SSSR count). The number of nitrogens with one attached hydrogen (secondary N) is 2. The van der Waals surface area contributed by atoms with Gasteiger partial charge in [-0.1, -0.05) is 56.5 Å². The molecular weight excluding hydrogens is 529 g/mol. The zero-order valence-corrected chi connectivity index (χ0v) is 22.5. The highest BCUT2D eigenvalue weighted by Gasteiger charge is 2.47. The third-order valence-corrected chi connectivity index (χ3v) is 6.70. The molecule has 2 saturated heterocycles. The molecule has 2 aromatic rings. The van der Waals surface area contributed by atoms with Gasteiger partial charge in [0, 0.05) is 24.7 Å². The van der Waals surface area contributed by atoms with Crippen molar-refractivity contribution in [1.29, 1.82) is 0 Å². The summed E-state index contributed by atoms with van der Waals surface area (Å²) in [5, 5.41) is 5.54. The van der Waals surface area contributed by atoms with E-state index in [1.807, 2.05) is 30.3 Å². The van der Waals surface area contributed by atoms with Crippen LogP contribution in [-0.2, 0) is 29.7 Å². The zero-order valence-electron chi connectivity index (χ0n) is 21.6. The lowest BCUT2D eigenvalue weighted by Gasteiger charge is -2.18. The van der Waals surface area contributed by atoms with Gasteiger partial charge in [-0.15, -0.1) is 0 Å². The minimum Gasteiger partial charge on any atom is -0.370 e. The van der Waals surface area contributed by atoms with Gasteiger partial charge >= 0.3 is 13.9 Å². The van der Waals surface area contributed by atoms with Crippen molar-refractivity contribution in [2.45, 2.75) is 63.6 Å². The SMILES string of the molecule is CCCCCCNC(=O)Nc1ncnc2c1N=CC2.O=P(O)(O)OC[C@H]1OC[C@H]2OC(c3ccccc3)OC12. The van der Waals surface area contributed by atoms with Crippen LogP contribution in [0.15, 0.2) is 41.7 Å². The highest BCUT2D eigenvalue weighted by atomic mass is 31.2. The number of unbranched alkanes of at least 4 members (excludes halogenated alkanes) is 3. The number of fused-ring (bicyclic) bond motifs is 2.